The minimum atomic E-state index is -0.565. The smallest absolute Gasteiger partial charge is 0.272 e. The Morgan fingerprint density at radius 2 is 2.00 bits per heavy atom. The molecule has 0 spiro atoms. The molecule has 0 aromatic carbocycles. The number of aliphatic hydroxyl groups is 1. The molecule has 0 saturated heterocycles. The Labute approximate surface area is 86.5 Å². The number of imide groups is 1. The highest BCUT2D eigenvalue weighted by atomic mass is 16.3. The third kappa shape index (κ3) is 2.63. The molecule has 6 nitrogen and oxygen atoms in total. The molecule has 0 saturated carbocycles. The number of hydrogen-bond donors (Lipinski definition) is 2. The lowest BCUT2D eigenvalue weighted by Gasteiger charge is -2.17. The van der Waals surface area contributed by atoms with Crippen molar-refractivity contribution in [3.63, 3.8) is 0 Å². The van der Waals surface area contributed by atoms with Crippen molar-refractivity contribution in [1.82, 2.24) is 10.4 Å². The first-order valence-electron chi connectivity index (χ1n) is 4.53. The lowest BCUT2D eigenvalue weighted by molar-refractivity contribution is -0.147. The minimum absolute atomic E-state index is 0.116. The molecule has 1 rings (SSSR count). The Hall–Kier alpha value is -1.69. The van der Waals surface area contributed by atoms with E-state index in [1.165, 1.54) is 0 Å². The summed E-state index contributed by atoms with van der Waals surface area (Å²) in [4.78, 5) is 33.5. The number of rotatable bonds is 4. The summed E-state index contributed by atoms with van der Waals surface area (Å²) >= 11 is 0. The van der Waals surface area contributed by atoms with E-state index < -0.39 is 23.6 Å². The maximum atomic E-state index is 11.4. The van der Waals surface area contributed by atoms with E-state index in [1.807, 2.05) is 0 Å². The second kappa shape index (κ2) is 4.70. The van der Waals surface area contributed by atoms with Crippen LogP contribution in [-0.2, 0) is 14.4 Å². The van der Waals surface area contributed by atoms with Crippen molar-refractivity contribution < 1.29 is 19.5 Å². The van der Waals surface area contributed by atoms with Crippen LogP contribution >= 0.6 is 0 Å². The van der Waals surface area contributed by atoms with Crippen molar-refractivity contribution in [3.05, 3.63) is 12.2 Å². The number of amides is 3. The van der Waals surface area contributed by atoms with Crippen molar-refractivity contribution in [1.29, 1.82) is 0 Å². The first-order valence-corrected chi connectivity index (χ1v) is 4.53. The molecular formula is C9H12N2O4. The zero-order valence-corrected chi connectivity index (χ0v) is 8.27. The summed E-state index contributed by atoms with van der Waals surface area (Å²) < 4.78 is 0. The molecule has 1 heterocycles. The monoisotopic (exact) mass is 212 g/mol. The van der Waals surface area contributed by atoms with Crippen LogP contribution < -0.4 is 5.43 Å². The van der Waals surface area contributed by atoms with E-state index in [0.717, 1.165) is 12.2 Å². The Kier molecular flexibility index (Phi) is 3.56. The van der Waals surface area contributed by atoms with E-state index >= 15 is 0 Å². The maximum absolute atomic E-state index is 11.4. The molecular weight excluding hydrogens is 200 g/mol. The average Bonchev–Trinajstić information content (AvgIpc) is 2.49. The fourth-order valence-electron chi connectivity index (χ4n) is 1.06. The van der Waals surface area contributed by atoms with E-state index in [-0.39, 0.29) is 13.0 Å². The average molecular weight is 212 g/mol. The molecule has 15 heavy (non-hydrogen) atoms. The highest BCUT2D eigenvalue weighted by Gasteiger charge is 2.26. The predicted octanol–water partition coefficient (Wildman–Crippen LogP) is -1.04. The molecule has 1 aliphatic heterocycles. The third-order valence-electron chi connectivity index (χ3n) is 2.04. The molecule has 3 amide bonds. The van der Waals surface area contributed by atoms with Gasteiger partial charge in [0.1, 0.15) is 0 Å². The van der Waals surface area contributed by atoms with E-state index in [2.05, 4.69) is 5.43 Å². The largest absolute Gasteiger partial charge is 0.396 e. The molecule has 1 atom stereocenters. The van der Waals surface area contributed by atoms with Crippen molar-refractivity contribution >= 4 is 17.7 Å². The van der Waals surface area contributed by atoms with Gasteiger partial charge in [-0.1, -0.05) is 6.92 Å². The highest BCUT2D eigenvalue weighted by Crippen LogP contribution is 2.04. The summed E-state index contributed by atoms with van der Waals surface area (Å²) in [5.41, 5.74) is 2.18. The molecule has 0 aromatic heterocycles. The SMILES string of the molecule is CC(CCO)C(=O)NN1C(=O)C=CC1=O. The fourth-order valence-corrected chi connectivity index (χ4v) is 1.06. The predicted molar refractivity (Wildman–Crippen MR) is 50.0 cm³/mol. The fraction of sp³-hybridized carbons (Fsp3) is 0.444. The summed E-state index contributed by atoms with van der Waals surface area (Å²) in [5.74, 6) is -2.04. The van der Waals surface area contributed by atoms with Gasteiger partial charge in [-0.15, -0.1) is 0 Å². The molecule has 1 aliphatic rings. The Morgan fingerprint density at radius 1 is 1.47 bits per heavy atom. The number of nitrogens with zero attached hydrogens (tertiary/aromatic N) is 1. The lowest BCUT2D eigenvalue weighted by atomic mass is 10.1. The van der Waals surface area contributed by atoms with Gasteiger partial charge in [0.25, 0.3) is 11.8 Å². The third-order valence-corrected chi connectivity index (χ3v) is 2.04. The van der Waals surface area contributed by atoms with Crippen LogP contribution in [0.5, 0.6) is 0 Å². The van der Waals surface area contributed by atoms with Crippen molar-refractivity contribution in [2.75, 3.05) is 6.61 Å². The van der Waals surface area contributed by atoms with Gasteiger partial charge in [-0.25, -0.2) is 0 Å². The number of hydrazine groups is 1. The van der Waals surface area contributed by atoms with Crippen LogP contribution in [0, 0.1) is 5.92 Å². The quantitative estimate of drug-likeness (QED) is 0.583. The molecule has 82 valence electrons. The first-order chi connectivity index (χ1) is 7.06. The molecule has 6 heteroatoms. The van der Waals surface area contributed by atoms with E-state index in [9.17, 15) is 14.4 Å². The van der Waals surface area contributed by atoms with Crippen LogP contribution in [0.25, 0.3) is 0 Å². The van der Waals surface area contributed by atoms with Gasteiger partial charge in [-0.2, -0.15) is 5.01 Å². The van der Waals surface area contributed by atoms with E-state index in [4.69, 9.17) is 5.11 Å². The number of carbonyl (C=O) groups excluding carboxylic acids is 3. The van der Waals surface area contributed by atoms with Gasteiger partial charge in [-0.05, 0) is 6.42 Å². The topological polar surface area (TPSA) is 86.7 Å². The van der Waals surface area contributed by atoms with Gasteiger partial charge in [0.15, 0.2) is 0 Å². The zero-order chi connectivity index (χ0) is 11.4. The standard InChI is InChI=1S/C9H12N2O4/c1-6(4-5-12)9(15)10-11-7(13)2-3-8(11)14/h2-3,6,12H,4-5H2,1H3,(H,10,15). The van der Waals surface area contributed by atoms with Crippen molar-refractivity contribution in [3.8, 4) is 0 Å². The molecule has 0 aliphatic carbocycles. The highest BCUT2D eigenvalue weighted by molar-refractivity contribution is 6.13. The summed E-state index contributed by atoms with van der Waals surface area (Å²) in [6.45, 7) is 1.48. The summed E-state index contributed by atoms with van der Waals surface area (Å²) in [6, 6.07) is 0. The number of nitrogens with one attached hydrogen (secondary N) is 1. The Morgan fingerprint density at radius 3 is 2.47 bits per heavy atom. The van der Waals surface area contributed by atoms with E-state index in [0.29, 0.717) is 5.01 Å². The molecule has 0 aromatic rings. The lowest BCUT2D eigenvalue weighted by Crippen LogP contribution is -2.47. The normalized spacial score (nSPS) is 17.1. The van der Waals surface area contributed by atoms with Crippen LogP contribution in [0.3, 0.4) is 0 Å². The molecule has 1 unspecified atom stereocenters. The number of carbonyl (C=O) groups is 3. The summed E-state index contributed by atoms with van der Waals surface area (Å²) in [5, 5.41) is 9.26. The second-order valence-corrected chi connectivity index (χ2v) is 3.23. The van der Waals surface area contributed by atoms with Crippen LogP contribution in [0.1, 0.15) is 13.3 Å². The van der Waals surface area contributed by atoms with Crippen molar-refractivity contribution in [2.45, 2.75) is 13.3 Å². The maximum Gasteiger partial charge on any atom is 0.272 e. The number of hydrogen-bond acceptors (Lipinski definition) is 4. The van der Waals surface area contributed by atoms with Crippen LogP contribution in [0.4, 0.5) is 0 Å². The molecule has 0 fully saturated rings. The minimum Gasteiger partial charge on any atom is -0.396 e. The Bertz CT molecular complexity index is 306. The second-order valence-electron chi connectivity index (χ2n) is 3.23. The first kappa shape index (κ1) is 11.4. The molecule has 0 bridgehead atoms. The van der Waals surface area contributed by atoms with Gasteiger partial charge in [-0.3, -0.25) is 19.8 Å². The van der Waals surface area contributed by atoms with Gasteiger partial charge in [0, 0.05) is 24.7 Å². The van der Waals surface area contributed by atoms with Crippen LogP contribution in [-0.4, -0.2) is 34.4 Å². The van der Waals surface area contributed by atoms with E-state index in [1.54, 1.807) is 6.92 Å². The van der Waals surface area contributed by atoms with Gasteiger partial charge >= 0.3 is 0 Å². The molecule has 2 N–H and O–H groups in total. The van der Waals surface area contributed by atoms with Gasteiger partial charge in [0.2, 0.25) is 5.91 Å². The summed E-state index contributed by atoms with van der Waals surface area (Å²) in [7, 11) is 0. The summed E-state index contributed by atoms with van der Waals surface area (Å²) in [6.07, 6.45) is 2.45. The zero-order valence-electron chi connectivity index (χ0n) is 8.27. The van der Waals surface area contributed by atoms with Gasteiger partial charge in [0.05, 0.1) is 0 Å². The Balaban J connectivity index is 2.52. The van der Waals surface area contributed by atoms with Crippen molar-refractivity contribution in [2.24, 2.45) is 5.92 Å². The van der Waals surface area contributed by atoms with Crippen LogP contribution in [0.2, 0.25) is 0 Å². The van der Waals surface area contributed by atoms with Crippen LogP contribution in [0.15, 0.2) is 12.2 Å². The number of aliphatic hydroxyl groups excluding tert-OH is 1. The van der Waals surface area contributed by atoms with Gasteiger partial charge < -0.3 is 5.11 Å². The molecule has 0 radical (unpaired) electrons.